The van der Waals surface area contributed by atoms with E-state index in [0.717, 1.165) is 16.2 Å². The fourth-order valence-corrected chi connectivity index (χ4v) is 2.92. The lowest BCUT2D eigenvalue weighted by atomic mass is 10.2. The zero-order valence-corrected chi connectivity index (χ0v) is 12.9. The van der Waals surface area contributed by atoms with Gasteiger partial charge in [0.2, 0.25) is 4.80 Å². The van der Waals surface area contributed by atoms with Gasteiger partial charge in [-0.05, 0) is 31.2 Å². The molecule has 0 fully saturated rings. The third-order valence-electron chi connectivity index (χ3n) is 3.17. The number of thiazole rings is 1. The van der Waals surface area contributed by atoms with Crippen LogP contribution in [0, 0.1) is 6.92 Å². The molecule has 0 bridgehead atoms. The molecule has 0 aliphatic heterocycles. The number of rotatable bonds is 3. The standard InChI is InChI=1S/C17H15N3OS/c1-13-12-22-17(20(13)15-8-3-2-4-9-15)19-18-11-14-7-5-6-10-16(14)21/h2-12,21H,1H3/b18-11+,19-17?. The van der Waals surface area contributed by atoms with Gasteiger partial charge in [0.25, 0.3) is 0 Å². The molecule has 110 valence electrons. The highest BCUT2D eigenvalue weighted by Crippen LogP contribution is 2.13. The largest absolute Gasteiger partial charge is 0.507 e. The van der Waals surface area contributed by atoms with Gasteiger partial charge in [-0.1, -0.05) is 30.3 Å². The van der Waals surface area contributed by atoms with Gasteiger partial charge >= 0.3 is 0 Å². The van der Waals surface area contributed by atoms with Gasteiger partial charge < -0.3 is 5.11 Å². The summed E-state index contributed by atoms with van der Waals surface area (Å²) >= 11 is 1.53. The number of aromatic hydroxyl groups is 1. The van der Waals surface area contributed by atoms with Crippen molar-refractivity contribution in [3.8, 4) is 11.4 Å². The Morgan fingerprint density at radius 1 is 1.05 bits per heavy atom. The average molecular weight is 309 g/mol. The number of hydrogen-bond donors (Lipinski definition) is 1. The first-order chi connectivity index (χ1) is 10.8. The second kappa shape index (κ2) is 6.41. The number of para-hydroxylation sites is 2. The van der Waals surface area contributed by atoms with Crippen molar-refractivity contribution < 1.29 is 5.11 Å². The normalized spacial score (nSPS) is 12.1. The number of aryl methyl sites for hydroxylation is 1. The minimum atomic E-state index is 0.194. The van der Waals surface area contributed by atoms with E-state index in [1.54, 1.807) is 24.4 Å². The van der Waals surface area contributed by atoms with Crippen LogP contribution in [0.25, 0.3) is 5.69 Å². The van der Waals surface area contributed by atoms with Crippen LogP contribution in [0.1, 0.15) is 11.3 Å². The lowest BCUT2D eigenvalue weighted by Crippen LogP contribution is -2.13. The molecular weight excluding hydrogens is 294 g/mol. The summed E-state index contributed by atoms with van der Waals surface area (Å²) in [5.41, 5.74) is 2.80. The van der Waals surface area contributed by atoms with Crippen molar-refractivity contribution in [1.82, 2.24) is 4.57 Å². The van der Waals surface area contributed by atoms with Gasteiger partial charge in [0.15, 0.2) is 0 Å². The SMILES string of the molecule is Cc1csc(=N/N=C/c2ccccc2O)n1-c1ccccc1. The smallest absolute Gasteiger partial charge is 0.215 e. The summed E-state index contributed by atoms with van der Waals surface area (Å²) in [4.78, 5) is 0.787. The number of benzene rings is 2. The van der Waals surface area contributed by atoms with Crippen LogP contribution < -0.4 is 4.80 Å². The number of phenols is 1. The Morgan fingerprint density at radius 2 is 1.77 bits per heavy atom. The minimum absolute atomic E-state index is 0.194. The highest BCUT2D eigenvalue weighted by atomic mass is 32.1. The molecule has 0 aliphatic carbocycles. The van der Waals surface area contributed by atoms with Crippen LogP contribution >= 0.6 is 11.3 Å². The van der Waals surface area contributed by atoms with E-state index < -0.39 is 0 Å². The summed E-state index contributed by atoms with van der Waals surface area (Å²) in [6.45, 7) is 2.04. The first-order valence-corrected chi connectivity index (χ1v) is 7.71. The second-order valence-electron chi connectivity index (χ2n) is 4.73. The molecule has 0 saturated carbocycles. The van der Waals surface area contributed by atoms with Gasteiger partial charge in [0, 0.05) is 22.3 Å². The zero-order valence-electron chi connectivity index (χ0n) is 12.0. The van der Waals surface area contributed by atoms with Crippen LogP contribution in [0.3, 0.4) is 0 Å². The van der Waals surface area contributed by atoms with Crippen molar-refractivity contribution >= 4 is 17.6 Å². The molecule has 3 rings (SSSR count). The van der Waals surface area contributed by atoms with Gasteiger partial charge in [0.05, 0.1) is 6.21 Å². The van der Waals surface area contributed by atoms with E-state index in [9.17, 15) is 5.11 Å². The summed E-state index contributed by atoms with van der Waals surface area (Å²) in [5, 5.41) is 20.1. The Morgan fingerprint density at radius 3 is 2.55 bits per heavy atom. The summed E-state index contributed by atoms with van der Waals surface area (Å²) in [7, 11) is 0. The molecule has 4 nitrogen and oxygen atoms in total. The molecule has 0 saturated heterocycles. The molecule has 0 aliphatic rings. The predicted octanol–water partition coefficient (Wildman–Crippen LogP) is 3.49. The Balaban J connectivity index is 1.98. The van der Waals surface area contributed by atoms with Gasteiger partial charge in [-0.15, -0.1) is 16.4 Å². The van der Waals surface area contributed by atoms with Gasteiger partial charge in [-0.25, -0.2) is 0 Å². The van der Waals surface area contributed by atoms with Crippen molar-refractivity contribution in [3.05, 3.63) is 76.0 Å². The van der Waals surface area contributed by atoms with E-state index in [-0.39, 0.29) is 5.75 Å². The third kappa shape index (κ3) is 2.99. The van der Waals surface area contributed by atoms with Crippen LogP contribution in [0.5, 0.6) is 5.75 Å². The number of nitrogens with zero attached hydrogens (tertiary/aromatic N) is 3. The van der Waals surface area contributed by atoms with Crippen molar-refractivity contribution in [1.29, 1.82) is 0 Å². The molecule has 22 heavy (non-hydrogen) atoms. The highest BCUT2D eigenvalue weighted by molar-refractivity contribution is 7.07. The molecule has 2 aromatic carbocycles. The zero-order chi connectivity index (χ0) is 15.4. The molecule has 0 atom stereocenters. The first kappa shape index (κ1) is 14.3. The van der Waals surface area contributed by atoms with Gasteiger partial charge in [-0.3, -0.25) is 4.57 Å². The fourth-order valence-electron chi connectivity index (χ4n) is 2.09. The maximum Gasteiger partial charge on any atom is 0.215 e. The maximum absolute atomic E-state index is 9.71. The molecule has 0 unspecified atom stereocenters. The van der Waals surface area contributed by atoms with Gasteiger partial charge in [-0.2, -0.15) is 5.10 Å². The fraction of sp³-hybridized carbons (Fsp3) is 0.0588. The first-order valence-electron chi connectivity index (χ1n) is 6.83. The molecule has 0 spiro atoms. The quantitative estimate of drug-likeness (QED) is 0.584. The van der Waals surface area contributed by atoms with Crippen LogP contribution in [0.4, 0.5) is 0 Å². The topological polar surface area (TPSA) is 49.9 Å². The third-order valence-corrected chi connectivity index (χ3v) is 4.10. The molecule has 1 aromatic heterocycles. The number of hydrogen-bond acceptors (Lipinski definition) is 4. The van der Waals surface area contributed by atoms with Crippen molar-refractivity contribution in [2.75, 3.05) is 0 Å². The van der Waals surface area contributed by atoms with Crippen LogP contribution in [-0.2, 0) is 0 Å². The summed E-state index contributed by atoms with van der Waals surface area (Å²) in [6, 6.07) is 17.1. The molecule has 0 amide bonds. The van der Waals surface area contributed by atoms with E-state index in [1.165, 1.54) is 11.3 Å². The van der Waals surface area contributed by atoms with E-state index >= 15 is 0 Å². The summed E-state index contributed by atoms with van der Waals surface area (Å²) < 4.78 is 2.05. The molecule has 1 heterocycles. The molecule has 3 aromatic rings. The summed E-state index contributed by atoms with van der Waals surface area (Å²) in [6.07, 6.45) is 1.56. The lowest BCUT2D eigenvalue weighted by Gasteiger charge is -2.04. The van der Waals surface area contributed by atoms with E-state index in [1.807, 2.05) is 53.3 Å². The lowest BCUT2D eigenvalue weighted by molar-refractivity contribution is 0.474. The molecule has 5 heteroatoms. The Kier molecular flexibility index (Phi) is 4.16. The maximum atomic E-state index is 9.71. The average Bonchev–Trinajstić information content (AvgIpc) is 2.91. The van der Waals surface area contributed by atoms with Crippen molar-refractivity contribution in [3.63, 3.8) is 0 Å². The minimum Gasteiger partial charge on any atom is -0.507 e. The van der Waals surface area contributed by atoms with Crippen LogP contribution in [0.15, 0.2) is 70.2 Å². The number of aromatic nitrogens is 1. The van der Waals surface area contributed by atoms with E-state index in [2.05, 4.69) is 10.2 Å². The van der Waals surface area contributed by atoms with Crippen molar-refractivity contribution in [2.24, 2.45) is 10.2 Å². The monoisotopic (exact) mass is 309 g/mol. The van der Waals surface area contributed by atoms with Crippen molar-refractivity contribution in [2.45, 2.75) is 6.92 Å². The predicted molar refractivity (Wildman–Crippen MR) is 89.6 cm³/mol. The Bertz CT molecular complexity index is 863. The molecular formula is C17H15N3OS. The Hall–Kier alpha value is -2.66. The second-order valence-corrected chi connectivity index (χ2v) is 5.57. The summed E-state index contributed by atoms with van der Waals surface area (Å²) in [5.74, 6) is 0.194. The van der Waals surface area contributed by atoms with E-state index in [4.69, 9.17) is 0 Å². The molecule has 0 radical (unpaired) electrons. The number of phenolic OH excluding ortho intramolecular Hbond substituents is 1. The van der Waals surface area contributed by atoms with E-state index in [0.29, 0.717) is 5.56 Å². The van der Waals surface area contributed by atoms with Crippen LogP contribution in [-0.4, -0.2) is 15.9 Å². The highest BCUT2D eigenvalue weighted by Gasteiger charge is 2.03. The Labute approximate surface area is 132 Å². The van der Waals surface area contributed by atoms with Gasteiger partial charge in [0.1, 0.15) is 5.75 Å². The molecule has 1 N–H and O–H groups in total. The van der Waals surface area contributed by atoms with Crippen LogP contribution in [0.2, 0.25) is 0 Å².